The quantitative estimate of drug-likeness (QED) is 0.363. The molecule has 3 atom stereocenters. The second-order valence-corrected chi connectivity index (χ2v) is 11.1. The van der Waals surface area contributed by atoms with Crippen LogP contribution in [0.1, 0.15) is 78.2 Å². The number of nitrogens with zero attached hydrogens (tertiary/aromatic N) is 1. The van der Waals surface area contributed by atoms with E-state index in [-0.39, 0.29) is 18.4 Å². The molecule has 2 aromatic heterocycles. The molecular weight excluding hydrogens is 494 g/mol. The number of nitrogens with one attached hydrogen (secondary N) is 3. The van der Waals surface area contributed by atoms with Crippen LogP contribution in [0.15, 0.2) is 24.4 Å². The maximum atomic E-state index is 13.4. The Morgan fingerprint density at radius 1 is 1.29 bits per heavy atom. The van der Waals surface area contributed by atoms with Crippen molar-refractivity contribution in [3.63, 3.8) is 0 Å². The third-order valence-corrected chi connectivity index (χ3v) is 8.20. The van der Waals surface area contributed by atoms with Gasteiger partial charge in [0.2, 0.25) is 5.91 Å². The monoisotopic (exact) mass is 524 g/mol. The summed E-state index contributed by atoms with van der Waals surface area (Å²) in [7, 11) is 0. The number of aromatic nitrogens is 1. The van der Waals surface area contributed by atoms with Gasteiger partial charge in [0.05, 0.1) is 33.4 Å². The summed E-state index contributed by atoms with van der Waals surface area (Å²) in [4.78, 5) is 31.6. The third kappa shape index (κ3) is 6.50. The molecule has 2 aliphatic carbocycles. The zero-order valence-electron chi connectivity index (χ0n) is 19.9. The van der Waals surface area contributed by atoms with Crippen LogP contribution in [-0.4, -0.2) is 34.8 Å². The van der Waals surface area contributed by atoms with Crippen molar-refractivity contribution < 1.29 is 18.4 Å². The largest absolute Gasteiger partial charge is 0.376 e. The predicted octanol–water partition coefficient (Wildman–Crippen LogP) is 5.87. The molecular formula is C25H31ClF2N4O2S. The van der Waals surface area contributed by atoms with Gasteiger partial charge in [-0.1, -0.05) is 44.2 Å². The third-order valence-electron chi connectivity index (χ3n) is 6.79. The van der Waals surface area contributed by atoms with Crippen molar-refractivity contribution in [1.82, 2.24) is 15.6 Å². The van der Waals surface area contributed by atoms with Gasteiger partial charge < -0.3 is 16.0 Å². The zero-order chi connectivity index (χ0) is 25.2. The molecule has 0 aliphatic heterocycles. The van der Waals surface area contributed by atoms with E-state index >= 15 is 0 Å². The molecule has 2 heterocycles. The number of hydrogen-bond donors (Lipinski definition) is 3. The van der Waals surface area contributed by atoms with Crippen molar-refractivity contribution in [2.75, 3.05) is 5.32 Å². The minimum atomic E-state index is -2.85. The Bertz CT molecular complexity index is 1070. The van der Waals surface area contributed by atoms with Crippen LogP contribution in [0.25, 0.3) is 0 Å². The van der Waals surface area contributed by atoms with Crippen LogP contribution in [0.2, 0.25) is 5.02 Å². The van der Waals surface area contributed by atoms with Crippen LogP contribution in [-0.2, 0) is 4.79 Å². The summed E-state index contributed by atoms with van der Waals surface area (Å²) in [5, 5.41) is 9.22. The van der Waals surface area contributed by atoms with Crippen LogP contribution < -0.4 is 16.0 Å². The molecule has 0 spiro atoms. The fourth-order valence-electron chi connectivity index (χ4n) is 4.56. The second-order valence-electron chi connectivity index (χ2n) is 9.53. The summed E-state index contributed by atoms with van der Waals surface area (Å²) in [6.45, 7) is 3.94. The summed E-state index contributed by atoms with van der Waals surface area (Å²) in [6.07, 6.45) is 6.66. The molecule has 2 amide bonds. The van der Waals surface area contributed by atoms with Gasteiger partial charge >= 0.3 is 0 Å². The van der Waals surface area contributed by atoms with Gasteiger partial charge in [0.25, 0.3) is 11.8 Å². The molecule has 3 N–H and O–H groups in total. The molecule has 35 heavy (non-hydrogen) atoms. The van der Waals surface area contributed by atoms with E-state index in [0.29, 0.717) is 22.2 Å². The van der Waals surface area contributed by atoms with Crippen LogP contribution in [0.4, 0.5) is 14.5 Å². The standard InChI is InChI=1S/C25H31ClF2N4O2S/c1-3-17(30-18-11-16(26)13-29-14(18)2)20-8-9-21(35-20)24(34)31-19(10-15-6-4-5-7-15)23(33)32-22-12-25(22,27)28/h8-9,11,13,15,17,19,22,30H,3-7,10,12H2,1-2H3,(H,31,34)(H,32,33)/t17-,19-,22-/m0/s1. The lowest BCUT2D eigenvalue weighted by atomic mass is 9.97. The van der Waals surface area contributed by atoms with Crippen molar-refractivity contribution in [2.24, 2.45) is 5.92 Å². The first-order valence-electron chi connectivity index (χ1n) is 12.1. The molecule has 10 heteroatoms. The Labute approximate surface area is 213 Å². The highest BCUT2D eigenvalue weighted by Crippen LogP contribution is 2.41. The number of anilines is 1. The summed E-state index contributed by atoms with van der Waals surface area (Å²) in [6, 6.07) is 3.45. The highest BCUT2D eigenvalue weighted by atomic mass is 35.5. The average molecular weight is 525 g/mol. The van der Waals surface area contributed by atoms with Gasteiger partial charge in [-0.2, -0.15) is 0 Å². The molecule has 2 aromatic rings. The van der Waals surface area contributed by atoms with Crippen molar-refractivity contribution >= 4 is 40.4 Å². The Morgan fingerprint density at radius 2 is 2.00 bits per heavy atom. The minimum absolute atomic E-state index is 0.0461. The van der Waals surface area contributed by atoms with Crippen molar-refractivity contribution in [2.45, 2.75) is 82.8 Å². The average Bonchev–Trinajstić information content (AvgIpc) is 3.25. The van der Waals surface area contributed by atoms with Gasteiger partial charge in [-0.3, -0.25) is 14.6 Å². The Kier molecular flexibility index (Phi) is 7.96. The molecule has 2 fully saturated rings. The van der Waals surface area contributed by atoms with Gasteiger partial charge in [-0.25, -0.2) is 8.78 Å². The van der Waals surface area contributed by atoms with Crippen LogP contribution in [0.3, 0.4) is 0 Å². The maximum absolute atomic E-state index is 13.4. The van der Waals surface area contributed by atoms with E-state index < -0.39 is 23.9 Å². The highest BCUT2D eigenvalue weighted by molar-refractivity contribution is 7.14. The molecule has 2 saturated carbocycles. The molecule has 0 bridgehead atoms. The lowest BCUT2D eigenvalue weighted by Gasteiger charge is -2.21. The molecule has 0 saturated heterocycles. The number of amides is 2. The van der Waals surface area contributed by atoms with E-state index in [1.807, 2.05) is 26.0 Å². The summed E-state index contributed by atoms with van der Waals surface area (Å²) in [5.41, 5.74) is 1.65. The number of halogens is 3. The number of hydrogen-bond acceptors (Lipinski definition) is 5. The SMILES string of the molecule is CC[C@H](Nc1cc(Cl)cnc1C)c1ccc(C(=O)N[C@@H](CC2CCCC2)C(=O)N[C@H]2CC2(F)F)s1. The van der Waals surface area contributed by atoms with Gasteiger partial charge in [0.1, 0.15) is 6.04 Å². The number of alkyl halides is 2. The maximum Gasteiger partial charge on any atom is 0.270 e. The topological polar surface area (TPSA) is 83.1 Å². The molecule has 190 valence electrons. The minimum Gasteiger partial charge on any atom is -0.376 e. The summed E-state index contributed by atoms with van der Waals surface area (Å²) >= 11 is 7.44. The second kappa shape index (κ2) is 10.8. The first kappa shape index (κ1) is 25.8. The number of thiophene rings is 1. The van der Waals surface area contributed by atoms with E-state index in [2.05, 4.69) is 20.9 Å². The Morgan fingerprint density at radius 3 is 2.66 bits per heavy atom. The van der Waals surface area contributed by atoms with E-state index in [1.165, 1.54) is 11.3 Å². The molecule has 0 aromatic carbocycles. The Hall–Kier alpha value is -2.26. The first-order chi connectivity index (χ1) is 16.7. The number of pyridine rings is 1. The van der Waals surface area contributed by atoms with Gasteiger partial charge in [-0.15, -0.1) is 11.3 Å². The van der Waals surface area contributed by atoms with Gasteiger partial charge in [0, 0.05) is 17.5 Å². The van der Waals surface area contributed by atoms with Crippen molar-refractivity contribution in [1.29, 1.82) is 0 Å². The first-order valence-corrected chi connectivity index (χ1v) is 13.3. The van der Waals surface area contributed by atoms with Gasteiger partial charge in [-0.05, 0) is 43.9 Å². The van der Waals surface area contributed by atoms with E-state index in [1.54, 1.807) is 12.3 Å². The molecule has 6 nitrogen and oxygen atoms in total. The van der Waals surface area contributed by atoms with Crippen LogP contribution in [0, 0.1) is 12.8 Å². The predicted molar refractivity (Wildman–Crippen MR) is 134 cm³/mol. The van der Waals surface area contributed by atoms with E-state index in [9.17, 15) is 18.4 Å². The van der Waals surface area contributed by atoms with Crippen LogP contribution >= 0.6 is 22.9 Å². The molecule has 2 aliphatic rings. The zero-order valence-corrected chi connectivity index (χ0v) is 21.4. The van der Waals surface area contributed by atoms with Crippen LogP contribution in [0.5, 0.6) is 0 Å². The lowest BCUT2D eigenvalue weighted by Crippen LogP contribution is -2.48. The fourth-order valence-corrected chi connectivity index (χ4v) is 5.76. The lowest BCUT2D eigenvalue weighted by molar-refractivity contribution is -0.124. The Balaban J connectivity index is 1.43. The molecule has 4 rings (SSSR count). The summed E-state index contributed by atoms with van der Waals surface area (Å²) < 4.78 is 26.7. The summed E-state index contributed by atoms with van der Waals surface area (Å²) in [5.74, 6) is -3.43. The normalized spacial score (nSPS) is 20.8. The number of carbonyl (C=O) groups is 2. The smallest absolute Gasteiger partial charge is 0.270 e. The van der Waals surface area contributed by atoms with E-state index in [0.717, 1.165) is 48.4 Å². The highest BCUT2D eigenvalue weighted by Gasteiger charge is 2.58. The van der Waals surface area contributed by atoms with E-state index in [4.69, 9.17) is 11.6 Å². The van der Waals surface area contributed by atoms with Gasteiger partial charge in [0.15, 0.2) is 0 Å². The fraction of sp³-hybridized carbons (Fsp3) is 0.560. The number of rotatable bonds is 10. The number of aryl methyl sites for hydroxylation is 1. The van der Waals surface area contributed by atoms with Crippen molar-refractivity contribution in [3.05, 3.63) is 44.9 Å². The molecule has 0 unspecified atom stereocenters. The molecule has 0 radical (unpaired) electrons. The number of carbonyl (C=O) groups excluding carboxylic acids is 2. The van der Waals surface area contributed by atoms with Crippen molar-refractivity contribution in [3.8, 4) is 0 Å².